The van der Waals surface area contributed by atoms with E-state index in [0.29, 0.717) is 28.3 Å². The molecule has 5 aromatic heterocycles. The van der Waals surface area contributed by atoms with Crippen molar-refractivity contribution in [1.82, 2.24) is 43.9 Å². The molecule has 1 fully saturated rings. The summed E-state index contributed by atoms with van der Waals surface area (Å²) in [6.45, 7) is 18.2. The topological polar surface area (TPSA) is 188 Å². The molecule has 1 aliphatic heterocycles. The van der Waals surface area contributed by atoms with Crippen LogP contribution in [-0.2, 0) is 16.8 Å². The number of halogens is 2. The highest BCUT2D eigenvalue weighted by atomic mass is 19.1. The lowest BCUT2D eigenvalue weighted by Gasteiger charge is -2.41. The number of nitrogens with zero attached hydrogens (tertiary/aromatic N) is 8. The van der Waals surface area contributed by atoms with Gasteiger partial charge in [-0.25, -0.2) is 28.1 Å². The maximum Gasteiger partial charge on any atom is 0.355 e. The number of carbonyl (C=O) groups excluding carboxylic acids is 1. The van der Waals surface area contributed by atoms with E-state index in [1.165, 1.54) is 22.8 Å². The number of H-pyrrole nitrogens is 2. The first kappa shape index (κ1) is 45.7. The lowest BCUT2D eigenvalue weighted by Crippen LogP contribution is -2.54. The number of amides is 1. The lowest BCUT2D eigenvalue weighted by molar-refractivity contribution is -0.128. The minimum absolute atomic E-state index is 0.0168. The highest BCUT2D eigenvalue weighted by Gasteiger charge is 2.33. The highest BCUT2D eigenvalue weighted by molar-refractivity contribution is 5.94. The van der Waals surface area contributed by atoms with E-state index in [1.807, 2.05) is 76.8 Å². The van der Waals surface area contributed by atoms with Crippen molar-refractivity contribution in [3.05, 3.63) is 167 Å². The Bertz CT molecular complexity index is 3400. The van der Waals surface area contributed by atoms with Crippen molar-refractivity contribution in [1.29, 1.82) is 0 Å². The zero-order valence-electron chi connectivity index (χ0n) is 38.2. The molecule has 17 heteroatoms. The normalized spacial score (nSPS) is 15.0. The van der Waals surface area contributed by atoms with E-state index < -0.39 is 56.9 Å². The van der Waals surface area contributed by atoms with Gasteiger partial charge in [-0.3, -0.25) is 19.4 Å². The molecule has 344 valence electrons. The second-order valence-corrected chi connectivity index (χ2v) is 18.1. The first-order chi connectivity index (χ1) is 31.8. The monoisotopic (exact) mass is 908 g/mol. The fraction of sp³-hybridized carbons (Fsp3) is 0.280. The molecule has 67 heavy (non-hydrogen) atoms. The van der Waals surface area contributed by atoms with Crippen LogP contribution in [0.15, 0.2) is 99.7 Å². The van der Waals surface area contributed by atoms with Crippen LogP contribution in [0.3, 0.4) is 0 Å². The summed E-state index contributed by atoms with van der Waals surface area (Å²) in [7, 11) is 0. The van der Waals surface area contributed by atoms with Gasteiger partial charge in [0.2, 0.25) is 0 Å². The van der Waals surface area contributed by atoms with Crippen molar-refractivity contribution in [3.63, 3.8) is 0 Å². The minimum atomic E-state index is -0.948. The molecule has 0 unspecified atom stereocenters. The fourth-order valence-corrected chi connectivity index (χ4v) is 8.67. The number of aromatic hydroxyl groups is 1. The molecule has 0 bridgehead atoms. The largest absolute Gasteiger partial charge is 0.507 e. The summed E-state index contributed by atoms with van der Waals surface area (Å²) in [5.74, 6) is -2.72. The van der Waals surface area contributed by atoms with Gasteiger partial charge < -0.3 is 29.4 Å². The number of pyridine rings is 2. The second-order valence-electron chi connectivity index (χ2n) is 18.1. The minimum Gasteiger partial charge on any atom is -0.507 e. The zero-order valence-corrected chi connectivity index (χ0v) is 38.2. The number of aryl methyl sites for hydroxylation is 1. The number of aromatic nitrogens is 8. The molecular formula is C50H50F2N10O5. The predicted molar refractivity (Wildman–Crippen MR) is 253 cm³/mol. The first-order valence-corrected chi connectivity index (χ1v) is 21.8. The first-order valence-electron chi connectivity index (χ1n) is 21.8. The maximum absolute atomic E-state index is 16.3. The number of rotatable bonds is 9. The number of aromatic amines is 2. The summed E-state index contributed by atoms with van der Waals surface area (Å²) < 4.78 is 34.6. The number of carbonyl (C=O) groups is 1. The van der Waals surface area contributed by atoms with Gasteiger partial charge in [-0.15, -0.1) is 0 Å². The third-order valence-electron chi connectivity index (χ3n) is 11.8. The summed E-state index contributed by atoms with van der Waals surface area (Å²) in [6.07, 6.45) is 6.30. The Labute approximate surface area is 383 Å². The van der Waals surface area contributed by atoms with Gasteiger partial charge in [0.15, 0.2) is 11.5 Å². The van der Waals surface area contributed by atoms with Gasteiger partial charge in [0.1, 0.15) is 33.8 Å². The molecule has 1 amide bonds. The smallest absolute Gasteiger partial charge is 0.355 e. The number of benzene rings is 2. The third-order valence-corrected chi connectivity index (χ3v) is 11.8. The number of phenols is 1. The zero-order chi connectivity index (χ0) is 48.1. The van der Waals surface area contributed by atoms with E-state index in [1.54, 1.807) is 41.1 Å². The Morgan fingerprint density at radius 2 is 1.64 bits per heavy atom. The molecule has 0 saturated carbocycles. The Balaban J connectivity index is 1.10. The Morgan fingerprint density at radius 3 is 2.30 bits per heavy atom. The number of nitrogens with one attached hydrogen (secondary N) is 2. The van der Waals surface area contributed by atoms with Gasteiger partial charge in [-0.1, -0.05) is 77.6 Å². The molecule has 0 radical (unpaired) electrons. The summed E-state index contributed by atoms with van der Waals surface area (Å²) in [5, 5.41) is 11.0. The molecule has 15 nitrogen and oxygen atoms in total. The molecule has 1 atom stereocenters. The van der Waals surface area contributed by atoms with Gasteiger partial charge in [0, 0.05) is 42.9 Å². The molecule has 3 N–H and O–H groups in total. The van der Waals surface area contributed by atoms with Crippen LogP contribution in [0, 0.1) is 18.6 Å². The molecule has 0 spiro atoms. The fourth-order valence-electron chi connectivity index (χ4n) is 8.67. The second kappa shape index (κ2) is 17.9. The van der Waals surface area contributed by atoms with Crippen molar-refractivity contribution in [2.24, 2.45) is 0 Å². The Hall–Kier alpha value is -7.82. The number of hydrogen-bond donors (Lipinski definition) is 3. The summed E-state index contributed by atoms with van der Waals surface area (Å²) >= 11 is 0. The van der Waals surface area contributed by atoms with Crippen molar-refractivity contribution in [2.75, 3.05) is 24.5 Å². The standard InChI is InChI=1S/C50H50F2N10O5/c1-27(2)40-42(28(3)17-18-53-40)62-45-32(22-34(52)41(57-45)39-33(51)15-12-16-38(39)63)44(58-49(62)67)61-20-19-59(25-30(61)5)48(66)29(4)24-60-26-54-35(43(60)50(6,7)8)23-37-47(65)55-36(46(64)56-37)21-31-13-10-9-11-14-31/h9-18,21-23,26-27,30,63H,4,19-20,24-25H2,1-3,5-8H3,(H,55,65)(H,56,64)/b36-21-,37-23-/t30-/m0/s1. The average Bonchev–Trinajstić information content (AvgIpc) is 3.68. The number of imidazole rings is 1. The molecule has 2 aromatic carbocycles. The molecule has 6 heterocycles. The van der Waals surface area contributed by atoms with Gasteiger partial charge in [0.05, 0.1) is 46.6 Å². The number of hydrogen-bond acceptors (Lipinski definition) is 10. The van der Waals surface area contributed by atoms with Crippen LogP contribution in [0.4, 0.5) is 14.6 Å². The van der Waals surface area contributed by atoms with E-state index in [4.69, 9.17) is 0 Å². The van der Waals surface area contributed by atoms with Crippen LogP contribution >= 0.6 is 0 Å². The van der Waals surface area contributed by atoms with E-state index >= 15 is 8.78 Å². The Kier molecular flexibility index (Phi) is 12.2. The average molecular weight is 909 g/mol. The van der Waals surface area contributed by atoms with E-state index in [0.717, 1.165) is 17.7 Å². The number of fused-ring (bicyclic) bond motifs is 1. The van der Waals surface area contributed by atoms with Gasteiger partial charge >= 0.3 is 5.69 Å². The van der Waals surface area contributed by atoms with Gasteiger partial charge in [-0.05, 0) is 67.3 Å². The summed E-state index contributed by atoms with van der Waals surface area (Å²) in [5.41, 5.74) is 0.570. The van der Waals surface area contributed by atoms with Gasteiger partial charge in [0.25, 0.3) is 17.0 Å². The van der Waals surface area contributed by atoms with Crippen molar-refractivity contribution >= 4 is 34.9 Å². The van der Waals surface area contributed by atoms with Crippen LogP contribution in [0.2, 0.25) is 0 Å². The van der Waals surface area contributed by atoms with Crippen LogP contribution in [0.25, 0.3) is 40.1 Å². The van der Waals surface area contributed by atoms with E-state index in [2.05, 4.69) is 36.5 Å². The quantitative estimate of drug-likeness (QED) is 0.165. The predicted octanol–water partition coefficient (Wildman–Crippen LogP) is 5.08. The SMILES string of the molecule is C=C(Cn1cnc(/C=c2\[nH]c(=O)/c(=C/c3ccccc3)[nH]c2=O)c1C(C)(C)C)C(=O)N1CCN(c2nc(=O)n(-c3c(C)ccnc3C(C)C)c3nc(-c4c(O)cccc4F)c(F)cc23)[C@@H](C)C1. The molecule has 7 aromatic rings. The van der Waals surface area contributed by atoms with Crippen molar-refractivity contribution in [2.45, 2.75) is 72.4 Å². The Morgan fingerprint density at radius 1 is 0.940 bits per heavy atom. The van der Waals surface area contributed by atoms with Crippen LogP contribution in [0.5, 0.6) is 5.75 Å². The summed E-state index contributed by atoms with van der Waals surface area (Å²) in [4.78, 5) is 81.8. The third kappa shape index (κ3) is 8.83. The number of anilines is 1. The highest BCUT2D eigenvalue weighted by Crippen LogP contribution is 2.37. The molecule has 0 aliphatic carbocycles. The molecule has 1 aliphatic rings. The van der Waals surface area contributed by atoms with Crippen molar-refractivity contribution in [3.8, 4) is 22.7 Å². The van der Waals surface area contributed by atoms with Crippen molar-refractivity contribution < 1.29 is 18.7 Å². The molecule has 8 rings (SSSR count). The van der Waals surface area contributed by atoms with E-state index in [9.17, 15) is 24.3 Å². The molecule has 1 saturated heterocycles. The number of piperazine rings is 1. The van der Waals surface area contributed by atoms with Crippen LogP contribution in [-0.4, -0.2) is 80.6 Å². The lowest BCUT2D eigenvalue weighted by atomic mass is 9.90. The van der Waals surface area contributed by atoms with Crippen LogP contribution < -0.4 is 32.4 Å². The maximum atomic E-state index is 16.3. The number of phenolic OH excluding ortho intramolecular Hbond substituents is 1. The summed E-state index contributed by atoms with van der Waals surface area (Å²) in [6, 6.07) is 15.2. The van der Waals surface area contributed by atoms with Crippen LogP contribution in [0.1, 0.15) is 75.7 Å². The molecular weight excluding hydrogens is 859 g/mol. The van der Waals surface area contributed by atoms with Gasteiger partial charge in [-0.2, -0.15) is 4.98 Å². The van der Waals surface area contributed by atoms with E-state index in [-0.39, 0.29) is 71.1 Å².